The molecule has 4 rings (SSSR count). The lowest BCUT2D eigenvalue weighted by Crippen LogP contribution is -2.44. The van der Waals surface area contributed by atoms with Crippen molar-refractivity contribution >= 4 is 38.9 Å². The molecule has 3 aromatic rings. The van der Waals surface area contributed by atoms with Crippen molar-refractivity contribution in [3.05, 3.63) is 53.4 Å². The Morgan fingerprint density at radius 1 is 1.33 bits per heavy atom. The van der Waals surface area contributed by atoms with Gasteiger partial charge in [0.2, 0.25) is 0 Å². The normalized spacial score (nSPS) is 18.0. The highest BCUT2D eigenvalue weighted by molar-refractivity contribution is 7.80. The van der Waals surface area contributed by atoms with Gasteiger partial charge in [0, 0.05) is 19.0 Å². The van der Waals surface area contributed by atoms with Crippen molar-refractivity contribution in [2.75, 3.05) is 13.1 Å². The summed E-state index contributed by atoms with van der Waals surface area (Å²) in [6.07, 6.45) is 4.00. The number of likely N-dealkylation sites (tertiary alicyclic amines) is 1. The Kier molecular flexibility index (Phi) is 4.49. The number of aromatic nitrogens is 1. The molecule has 1 atom stereocenters. The Hall–Kier alpha value is -1.92. The van der Waals surface area contributed by atoms with Crippen molar-refractivity contribution in [3.8, 4) is 0 Å². The third-order valence-electron chi connectivity index (χ3n) is 4.36. The van der Waals surface area contributed by atoms with Crippen molar-refractivity contribution in [2.45, 2.75) is 25.3 Å². The molecule has 1 aliphatic heterocycles. The molecule has 1 N–H and O–H groups in total. The number of nitrogens with zero attached hydrogens (tertiary/aromatic N) is 2. The highest BCUT2D eigenvalue weighted by Crippen LogP contribution is 2.32. The summed E-state index contributed by atoms with van der Waals surface area (Å²) < 4.78 is 6.61. The van der Waals surface area contributed by atoms with E-state index in [-0.39, 0.29) is 0 Å². The SMILES string of the molecule is S=C(NCc1ccco1)N1CCC[C@H](c2nc3ccccc3s2)C1. The van der Waals surface area contributed by atoms with Crippen LogP contribution in [0.3, 0.4) is 0 Å². The number of thiocarbonyl (C=S) groups is 1. The number of rotatable bonds is 3. The zero-order valence-corrected chi connectivity index (χ0v) is 14.9. The first-order valence-corrected chi connectivity index (χ1v) is 9.43. The first-order chi connectivity index (χ1) is 11.8. The van der Waals surface area contributed by atoms with E-state index in [1.54, 1.807) is 6.26 Å². The van der Waals surface area contributed by atoms with Crippen molar-refractivity contribution < 1.29 is 4.42 Å². The summed E-state index contributed by atoms with van der Waals surface area (Å²) in [5.41, 5.74) is 1.10. The fourth-order valence-corrected chi connectivity index (χ4v) is 4.45. The highest BCUT2D eigenvalue weighted by Gasteiger charge is 2.25. The van der Waals surface area contributed by atoms with Gasteiger partial charge in [-0.25, -0.2) is 4.98 Å². The van der Waals surface area contributed by atoms with Gasteiger partial charge >= 0.3 is 0 Å². The average Bonchev–Trinajstić information content (AvgIpc) is 3.29. The molecule has 0 aliphatic carbocycles. The van der Waals surface area contributed by atoms with E-state index in [1.165, 1.54) is 16.1 Å². The van der Waals surface area contributed by atoms with Crippen molar-refractivity contribution in [3.63, 3.8) is 0 Å². The summed E-state index contributed by atoms with van der Waals surface area (Å²) in [6, 6.07) is 12.2. The average molecular weight is 358 g/mol. The van der Waals surface area contributed by atoms with Crippen molar-refractivity contribution in [1.29, 1.82) is 0 Å². The first kappa shape index (κ1) is 15.6. The molecule has 0 unspecified atom stereocenters. The van der Waals surface area contributed by atoms with Crippen LogP contribution in [0.25, 0.3) is 10.2 Å². The molecule has 24 heavy (non-hydrogen) atoms. The molecule has 0 amide bonds. The van der Waals surface area contributed by atoms with Gasteiger partial charge < -0.3 is 14.6 Å². The highest BCUT2D eigenvalue weighted by atomic mass is 32.1. The van der Waals surface area contributed by atoms with E-state index >= 15 is 0 Å². The number of piperidine rings is 1. The number of furan rings is 1. The maximum Gasteiger partial charge on any atom is 0.169 e. The van der Waals surface area contributed by atoms with Gasteiger partial charge in [0.25, 0.3) is 0 Å². The lowest BCUT2D eigenvalue weighted by molar-refractivity contribution is 0.304. The largest absolute Gasteiger partial charge is 0.467 e. The van der Waals surface area contributed by atoms with Gasteiger partial charge in [-0.05, 0) is 49.3 Å². The zero-order chi connectivity index (χ0) is 16.4. The summed E-state index contributed by atoms with van der Waals surface area (Å²) in [6.45, 7) is 2.57. The van der Waals surface area contributed by atoms with Crippen LogP contribution < -0.4 is 5.32 Å². The Morgan fingerprint density at radius 3 is 3.08 bits per heavy atom. The topological polar surface area (TPSA) is 41.3 Å². The first-order valence-electron chi connectivity index (χ1n) is 8.20. The molecule has 6 heteroatoms. The molecular weight excluding hydrogens is 338 g/mol. The number of hydrogen-bond acceptors (Lipinski definition) is 4. The predicted octanol–water partition coefficient (Wildman–Crippen LogP) is 4.14. The van der Waals surface area contributed by atoms with Crippen LogP contribution in [0.4, 0.5) is 0 Å². The van der Waals surface area contributed by atoms with E-state index in [4.69, 9.17) is 21.6 Å². The van der Waals surface area contributed by atoms with Gasteiger partial charge in [-0.1, -0.05) is 12.1 Å². The van der Waals surface area contributed by atoms with Crippen molar-refractivity contribution in [1.82, 2.24) is 15.2 Å². The Morgan fingerprint density at radius 2 is 2.25 bits per heavy atom. The second-order valence-electron chi connectivity index (χ2n) is 6.04. The number of benzene rings is 1. The van der Waals surface area contributed by atoms with E-state index < -0.39 is 0 Å². The minimum Gasteiger partial charge on any atom is -0.467 e. The summed E-state index contributed by atoms with van der Waals surface area (Å²) in [7, 11) is 0. The van der Waals surface area contributed by atoms with Gasteiger partial charge in [-0.3, -0.25) is 0 Å². The molecule has 0 saturated carbocycles. The third-order valence-corrected chi connectivity index (χ3v) is 5.96. The third kappa shape index (κ3) is 3.30. The molecular formula is C18H19N3OS2. The Balaban J connectivity index is 1.42. The molecule has 1 aromatic carbocycles. The molecule has 124 valence electrons. The number of para-hydroxylation sites is 1. The van der Waals surface area contributed by atoms with Gasteiger partial charge in [0.1, 0.15) is 5.76 Å². The number of fused-ring (bicyclic) bond motifs is 1. The molecule has 0 bridgehead atoms. The second-order valence-corrected chi connectivity index (χ2v) is 7.49. The minimum absolute atomic E-state index is 0.458. The lowest BCUT2D eigenvalue weighted by Gasteiger charge is -2.33. The quantitative estimate of drug-likeness (QED) is 0.714. The molecule has 0 spiro atoms. The smallest absolute Gasteiger partial charge is 0.169 e. The summed E-state index contributed by atoms with van der Waals surface area (Å²) >= 11 is 7.38. The van der Waals surface area contributed by atoms with Crippen LogP contribution in [0.15, 0.2) is 47.1 Å². The minimum atomic E-state index is 0.458. The maximum atomic E-state index is 5.57. The zero-order valence-electron chi connectivity index (χ0n) is 13.3. The maximum absolute atomic E-state index is 5.57. The van der Waals surface area contributed by atoms with Crippen LogP contribution in [0.2, 0.25) is 0 Å². The molecule has 1 saturated heterocycles. The van der Waals surface area contributed by atoms with E-state index in [9.17, 15) is 0 Å². The molecule has 3 heterocycles. The predicted molar refractivity (Wildman–Crippen MR) is 101 cm³/mol. The summed E-state index contributed by atoms with van der Waals surface area (Å²) in [5, 5.41) is 5.33. The van der Waals surface area contributed by atoms with Gasteiger partial charge in [0.05, 0.1) is 28.0 Å². The van der Waals surface area contributed by atoms with Gasteiger partial charge in [-0.15, -0.1) is 11.3 Å². The number of hydrogen-bond donors (Lipinski definition) is 1. The summed E-state index contributed by atoms with van der Waals surface area (Å²) in [4.78, 5) is 7.09. The fraction of sp³-hybridized carbons (Fsp3) is 0.333. The van der Waals surface area contributed by atoms with Crippen LogP contribution in [0, 0.1) is 0 Å². The standard InChI is InChI=1S/C18H19N3OS2/c23-18(19-11-14-6-4-10-22-14)21-9-3-5-13(12-21)17-20-15-7-1-2-8-16(15)24-17/h1-2,4,6-8,10,13H,3,5,9,11-12H2,(H,19,23)/t13-/m0/s1. The van der Waals surface area contributed by atoms with E-state index in [1.807, 2.05) is 29.5 Å². The summed E-state index contributed by atoms with van der Waals surface area (Å²) in [5.74, 6) is 1.36. The molecule has 1 aliphatic rings. The second kappa shape index (κ2) is 6.91. The molecule has 4 nitrogen and oxygen atoms in total. The fourth-order valence-electron chi connectivity index (χ4n) is 3.12. The van der Waals surface area contributed by atoms with Crippen LogP contribution in [-0.4, -0.2) is 28.1 Å². The molecule has 2 aromatic heterocycles. The van der Waals surface area contributed by atoms with Crippen LogP contribution in [0.5, 0.6) is 0 Å². The van der Waals surface area contributed by atoms with Crippen molar-refractivity contribution in [2.24, 2.45) is 0 Å². The van der Waals surface area contributed by atoms with Crippen LogP contribution >= 0.6 is 23.6 Å². The number of nitrogens with one attached hydrogen (secondary N) is 1. The molecule has 1 fully saturated rings. The molecule has 0 radical (unpaired) electrons. The van der Waals surface area contributed by atoms with E-state index in [2.05, 4.69) is 28.4 Å². The lowest BCUT2D eigenvalue weighted by atomic mass is 9.99. The van der Waals surface area contributed by atoms with Crippen LogP contribution in [-0.2, 0) is 6.54 Å². The van der Waals surface area contributed by atoms with Gasteiger partial charge in [-0.2, -0.15) is 0 Å². The van der Waals surface area contributed by atoms with Crippen LogP contribution in [0.1, 0.15) is 29.5 Å². The Bertz CT molecular complexity index is 795. The number of thiazole rings is 1. The van der Waals surface area contributed by atoms with E-state index in [0.717, 1.165) is 35.9 Å². The Labute approximate surface area is 150 Å². The monoisotopic (exact) mass is 357 g/mol. The van der Waals surface area contributed by atoms with E-state index in [0.29, 0.717) is 12.5 Å². The van der Waals surface area contributed by atoms with Gasteiger partial charge in [0.15, 0.2) is 5.11 Å².